The van der Waals surface area contributed by atoms with Crippen LogP contribution in [0.3, 0.4) is 0 Å². The van der Waals surface area contributed by atoms with Crippen LogP contribution in [-0.4, -0.2) is 11.1 Å². The molecule has 0 bridgehead atoms. The molecule has 0 heterocycles. The zero-order chi connectivity index (χ0) is 24.4. The van der Waals surface area contributed by atoms with Gasteiger partial charge in [-0.25, -0.2) is 0 Å². The van der Waals surface area contributed by atoms with E-state index in [0.29, 0.717) is 0 Å². The van der Waals surface area contributed by atoms with Gasteiger partial charge in [0.2, 0.25) is 0 Å². The van der Waals surface area contributed by atoms with E-state index in [1.165, 1.54) is 135 Å². The van der Waals surface area contributed by atoms with Crippen molar-refractivity contribution in [1.29, 1.82) is 0 Å². The second-order valence-electron chi connectivity index (χ2n) is 11.0. The number of hydrogen-bond acceptors (Lipinski definition) is 1. The highest BCUT2D eigenvalue weighted by molar-refractivity contribution is 5.69. The Labute approximate surface area is 209 Å². The van der Waals surface area contributed by atoms with Crippen molar-refractivity contribution in [3.8, 4) is 0 Å². The smallest absolute Gasteiger partial charge is 0.306 e. The first-order chi connectivity index (χ1) is 16.1. The van der Waals surface area contributed by atoms with Crippen LogP contribution in [0.1, 0.15) is 181 Å². The fraction of sp³-hybridized carbons (Fsp3) is 0.968. The number of aliphatic carboxylic acids is 1. The largest absolute Gasteiger partial charge is 0.481 e. The fourth-order valence-electron chi connectivity index (χ4n) is 5.09. The molecule has 0 aliphatic rings. The molecule has 33 heavy (non-hydrogen) atoms. The molecule has 0 aromatic rings. The Balaban J connectivity index is 3.48. The monoisotopic (exact) mass is 466 g/mol. The molecule has 2 heteroatoms. The number of hydrogen-bond donors (Lipinski definition) is 1. The molecule has 0 spiro atoms. The average Bonchev–Trinajstić information content (AvgIpc) is 2.80. The molecule has 0 amide bonds. The molecule has 2 unspecified atom stereocenters. The molecule has 0 rings (SSSR count). The van der Waals surface area contributed by atoms with Crippen molar-refractivity contribution < 1.29 is 9.90 Å². The minimum atomic E-state index is -0.560. The van der Waals surface area contributed by atoms with Crippen molar-refractivity contribution in [3.05, 3.63) is 0 Å². The van der Waals surface area contributed by atoms with Gasteiger partial charge in [0, 0.05) is 0 Å². The molecule has 0 aliphatic carbocycles. The van der Waals surface area contributed by atoms with Gasteiger partial charge in [-0.1, -0.05) is 168 Å². The molecule has 0 saturated carbocycles. The Morgan fingerprint density at radius 1 is 0.485 bits per heavy atom. The van der Waals surface area contributed by atoms with E-state index in [9.17, 15) is 9.90 Å². The molecule has 2 nitrogen and oxygen atoms in total. The normalized spacial score (nSPS) is 13.3. The summed E-state index contributed by atoms with van der Waals surface area (Å²) >= 11 is 0. The maximum atomic E-state index is 11.6. The second kappa shape index (κ2) is 26.1. The van der Waals surface area contributed by atoms with Crippen LogP contribution in [0.25, 0.3) is 0 Å². The number of rotatable bonds is 27. The summed E-state index contributed by atoms with van der Waals surface area (Å²) in [5, 5.41) is 9.55. The lowest BCUT2D eigenvalue weighted by Gasteiger charge is -2.12. The van der Waals surface area contributed by atoms with Crippen LogP contribution in [-0.2, 0) is 4.79 Å². The Morgan fingerprint density at radius 3 is 1.15 bits per heavy atom. The number of carbonyl (C=O) groups is 1. The zero-order valence-corrected chi connectivity index (χ0v) is 23.2. The summed E-state index contributed by atoms with van der Waals surface area (Å²) in [5.74, 6) is 0.246. The summed E-state index contributed by atoms with van der Waals surface area (Å²) in [7, 11) is 0. The summed E-state index contributed by atoms with van der Waals surface area (Å²) in [6, 6.07) is 0. The lowest BCUT2D eigenvalue weighted by Crippen LogP contribution is -2.13. The van der Waals surface area contributed by atoms with Crippen LogP contribution in [0.4, 0.5) is 0 Å². The van der Waals surface area contributed by atoms with Crippen molar-refractivity contribution in [3.63, 3.8) is 0 Å². The summed E-state index contributed by atoms with van der Waals surface area (Å²) in [6.07, 6.45) is 32.5. The SMILES string of the molecule is CCCCCCCCCCCCCCC(CCCCCCCCCC(C)CCCC)C(=O)O. The van der Waals surface area contributed by atoms with Crippen LogP contribution in [0, 0.1) is 11.8 Å². The van der Waals surface area contributed by atoms with Gasteiger partial charge in [-0.3, -0.25) is 4.79 Å². The molecule has 0 radical (unpaired) electrons. The van der Waals surface area contributed by atoms with Crippen molar-refractivity contribution in [1.82, 2.24) is 0 Å². The van der Waals surface area contributed by atoms with Gasteiger partial charge in [-0.15, -0.1) is 0 Å². The van der Waals surface area contributed by atoms with E-state index >= 15 is 0 Å². The van der Waals surface area contributed by atoms with Crippen LogP contribution in [0.5, 0.6) is 0 Å². The second-order valence-corrected chi connectivity index (χ2v) is 11.0. The minimum Gasteiger partial charge on any atom is -0.481 e. The van der Waals surface area contributed by atoms with Crippen molar-refractivity contribution in [2.45, 2.75) is 181 Å². The van der Waals surface area contributed by atoms with Gasteiger partial charge in [-0.2, -0.15) is 0 Å². The molecule has 0 aliphatic heterocycles. The summed E-state index contributed by atoms with van der Waals surface area (Å²) in [4.78, 5) is 11.6. The Hall–Kier alpha value is -0.530. The van der Waals surface area contributed by atoms with Crippen molar-refractivity contribution >= 4 is 5.97 Å². The number of unbranched alkanes of at least 4 members (excludes halogenated alkanes) is 18. The maximum Gasteiger partial charge on any atom is 0.306 e. The van der Waals surface area contributed by atoms with Gasteiger partial charge >= 0.3 is 5.97 Å². The maximum absolute atomic E-state index is 11.6. The number of carboxylic acids is 1. The van der Waals surface area contributed by atoms with Gasteiger partial charge in [-0.05, 0) is 18.8 Å². The van der Waals surface area contributed by atoms with Crippen molar-refractivity contribution in [2.24, 2.45) is 11.8 Å². The zero-order valence-electron chi connectivity index (χ0n) is 23.2. The molecule has 198 valence electrons. The molecular formula is C31H62O2. The van der Waals surface area contributed by atoms with Gasteiger partial charge in [0.15, 0.2) is 0 Å². The third-order valence-corrected chi connectivity index (χ3v) is 7.56. The van der Waals surface area contributed by atoms with E-state index in [1.807, 2.05) is 0 Å². The predicted octanol–water partition coefficient (Wildman–Crippen LogP) is 11.1. The quantitative estimate of drug-likeness (QED) is 0.122. The lowest BCUT2D eigenvalue weighted by atomic mass is 9.94. The molecule has 0 saturated heterocycles. The van der Waals surface area contributed by atoms with E-state index in [-0.39, 0.29) is 5.92 Å². The van der Waals surface area contributed by atoms with E-state index in [2.05, 4.69) is 20.8 Å². The summed E-state index contributed by atoms with van der Waals surface area (Å²) in [6.45, 7) is 6.97. The first-order valence-electron chi connectivity index (χ1n) is 15.3. The Kier molecular flexibility index (Phi) is 25.7. The standard InChI is InChI=1S/C31H62O2/c1-4-6-8-9-10-11-12-13-14-17-20-23-27-30(31(32)33)28-24-21-18-15-16-19-22-26-29(3)25-7-5-2/h29-30H,4-28H2,1-3H3,(H,32,33). The predicted molar refractivity (Wildman–Crippen MR) is 147 cm³/mol. The topological polar surface area (TPSA) is 37.3 Å². The molecule has 0 fully saturated rings. The highest BCUT2D eigenvalue weighted by atomic mass is 16.4. The van der Waals surface area contributed by atoms with E-state index in [1.54, 1.807) is 0 Å². The summed E-state index contributed by atoms with van der Waals surface area (Å²) < 4.78 is 0. The summed E-state index contributed by atoms with van der Waals surface area (Å²) in [5.41, 5.74) is 0. The highest BCUT2D eigenvalue weighted by Gasteiger charge is 2.16. The average molecular weight is 467 g/mol. The minimum absolute atomic E-state index is 0.0993. The molecule has 1 N–H and O–H groups in total. The molecule has 0 aromatic carbocycles. The van der Waals surface area contributed by atoms with Crippen LogP contribution in [0.15, 0.2) is 0 Å². The first kappa shape index (κ1) is 32.5. The van der Waals surface area contributed by atoms with Gasteiger partial charge in [0.05, 0.1) is 5.92 Å². The first-order valence-corrected chi connectivity index (χ1v) is 15.3. The lowest BCUT2D eigenvalue weighted by molar-refractivity contribution is -0.142. The van der Waals surface area contributed by atoms with E-state index in [0.717, 1.165) is 31.6 Å². The van der Waals surface area contributed by atoms with Gasteiger partial charge in [0.25, 0.3) is 0 Å². The van der Waals surface area contributed by atoms with Gasteiger partial charge < -0.3 is 5.11 Å². The Bertz CT molecular complexity index is 392. The van der Waals surface area contributed by atoms with E-state index < -0.39 is 5.97 Å². The Morgan fingerprint density at radius 2 is 0.788 bits per heavy atom. The van der Waals surface area contributed by atoms with Crippen molar-refractivity contribution in [2.75, 3.05) is 0 Å². The highest BCUT2D eigenvalue weighted by Crippen LogP contribution is 2.21. The van der Waals surface area contributed by atoms with E-state index in [4.69, 9.17) is 0 Å². The number of carboxylic acid groups (broad SMARTS) is 1. The molecule has 2 atom stereocenters. The van der Waals surface area contributed by atoms with Crippen LogP contribution < -0.4 is 0 Å². The molecule has 0 aromatic heterocycles. The fourth-order valence-corrected chi connectivity index (χ4v) is 5.09. The van der Waals surface area contributed by atoms with Gasteiger partial charge in [0.1, 0.15) is 0 Å². The van der Waals surface area contributed by atoms with Crippen LogP contribution >= 0.6 is 0 Å². The third-order valence-electron chi connectivity index (χ3n) is 7.56. The third kappa shape index (κ3) is 24.4. The van der Waals surface area contributed by atoms with Crippen LogP contribution in [0.2, 0.25) is 0 Å². The molecular weight excluding hydrogens is 404 g/mol.